The molecule has 4 rings (SSSR count). The fourth-order valence-corrected chi connectivity index (χ4v) is 3.48. The number of aromatic amines is 2. The average Bonchev–Trinajstić information content (AvgIpc) is 3.31. The number of rotatable bonds is 7. The quantitative estimate of drug-likeness (QED) is 0.455. The van der Waals surface area contributed by atoms with Gasteiger partial charge in [-0.15, -0.1) is 0 Å². The molecular formula is C20H21ClN6O2. The van der Waals surface area contributed by atoms with Crippen LogP contribution in [0.5, 0.6) is 0 Å². The summed E-state index contributed by atoms with van der Waals surface area (Å²) in [6.45, 7) is 3.02. The van der Waals surface area contributed by atoms with E-state index in [1.54, 1.807) is 10.9 Å². The van der Waals surface area contributed by atoms with Crippen LogP contribution in [0.25, 0.3) is 22.6 Å². The van der Waals surface area contributed by atoms with E-state index in [4.69, 9.17) is 11.6 Å². The van der Waals surface area contributed by atoms with Gasteiger partial charge in [0.05, 0.1) is 18.3 Å². The maximum Gasteiger partial charge on any atom is 0.330 e. The number of H-pyrrole nitrogens is 2. The molecule has 4 aromatic rings. The van der Waals surface area contributed by atoms with E-state index in [2.05, 4.69) is 27.0 Å². The lowest BCUT2D eigenvalue weighted by molar-refractivity contribution is 0.567. The number of fused-ring (bicyclic) bond motifs is 1. The van der Waals surface area contributed by atoms with Crippen molar-refractivity contribution in [3.63, 3.8) is 0 Å². The van der Waals surface area contributed by atoms with Crippen molar-refractivity contribution in [2.24, 2.45) is 0 Å². The van der Waals surface area contributed by atoms with Gasteiger partial charge in [-0.25, -0.2) is 9.78 Å². The van der Waals surface area contributed by atoms with Crippen LogP contribution in [0.1, 0.15) is 31.7 Å². The van der Waals surface area contributed by atoms with E-state index < -0.39 is 5.69 Å². The Morgan fingerprint density at radius 3 is 2.83 bits per heavy atom. The van der Waals surface area contributed by atoms with Crippen molar-refractivity contribution < 1.29 is 0 Å². The minimum Gasteiger partial charge on any atom is -0.332 e. The summed E-state index contributed by atoms with van der Waals surface area (Å²) in [4.78, 5) is 35.1. The van der Waals surface area contributed by atoms with Gasteiger partial charge in [-0.3, -0.25) is 19.0 Å². The van der Waals surface area contributed by atoms with Crippen molar-refractivity contribution in [2.75, 3.05) is 0 Å². The van der Waals surface area contributed by atoms with E-state index >= 15 is 0 Å². The standard InChI is InChI=1S/C20H21ClN6O2/c1-2-3-4-8-27-19(28)16-18(25-20(27)29)24-17(23-16)14-10-22-26(12-14)11-13-6-5-7-15(21)9-13/h5-7,9-10,12H,2-4,8,11H2,1H3,(H,23,24)(H,25,29). The second kappa shape index (κ2) is 8.08. The van der Waals surface area contributed by atoms with Gasteiger partial charge in [0.15, 0.2) is 5.65 Å². The zero-order valence-corrected chi connectivity index (χ0v) is 16.7. The molecule has 8 nitrogen and oxygen atoms in total. The fourth-order valence-electron chi connectivity index (χ4n) is 3.27. The third-order valence-corrected chi connectivity index (χ3v) is 4.99. The smallest absolute Gasteiger partial charge is 0.330 e. The first kappa shape index (κ1) is 19.2. The Labute approximate surface area is 171 Å². The number of nitrogens with one attached hydrogen (secondary N) is 2. The van der Waals surface area contributed by atoms with Gasteiger partial charge in [0.25, 0.3) is 5.56 Å². The first-order valence-electron chi connectivity index (χ1n) is 9.55. The summed E-state index contributed by atoms with van der Waals surface area (Å²) in [6, 6.07) is 7.57. The van der Waals surface area contributed by atoms with Crippen molar-refractivity contribution in [3.8, 4) is 11.4 Å². The Hall–Kier alpha value is -3.13. The van der Waals surface area contributed by atoms with Crippen LogP contribution < -0.4 is 11.2 Å². The first-order valence-corrected chi connectivity index (χ1v) is 9.93. The molecule has 0 fully saturated rings. The molecule has 0 aliphatic rings. The summed E-state index contributed by atoms with van der Waals surface area (Å²) >= 11 is 6.03. The molecule has 2 N–H and O–H groups in total. The maximum atomic E-state index is 12.7. The van der Waals surface area contributed by atoms with Gasteiger partial charge < -0.3 is 4.98 Å². The topological polar surface area (TPSA) is 101 Å². The molecule has 0 unspecified atom stereocenters. The number of hydrogen-bond acceptors (Lipinski definition) is 4. The molecular weight excluding hydrogens is 392 g/mol. The van der Waals surface area contributed by atoms with E-state index in [-0.39, 0.29) is 11.2 Å². The van der Waals surface area contributed by atoms with Crippen LogP contribution in [0.4, 0.5) is 0 Å². The summed E-state index contributed by atoms with van der Waals surface area (Å²) in [5, 5.41) is 5.03. The fraction of sp³-hybridized carbons (Fsp3) is 0.300. The number of nitrogens with zero attached hydrogens (tertiary/aromatic N) is 4. The van der Waals surface area contributed by atoms with Crippen LogP contribution in [-0.4, -0.2) is 29.3 Å². The summed E-state index contributed by atoms with van der Waals surface area (Å²) in [6.07, 6.45) is 6.26. The van der Waals surface area contributed by atoms with Crippen LogP contribution in [0, 0.1) is 0 Å². The van der Waals surface area contributed by atoms with Crippen LogP contribution in [-0.2, 0) is 13.1 Å². The highest BCUT2D eigenvalue weighted by molar-refractivity contribution is 6.30. The highest BCUT2D eigenvalue weighted by atomic mass is 35.5. The minimum atomic E-state index is -0.437. The second-order valence-corrected chi connectivity index (χ2v) is 7.40. The van der Waals surface area contributed by atoms with Crippen molar-refractivity contribution in [1.82, 2.24) is 29.3 Å². The van der Waals surface area contributed by atoms with E-state index in [1.807, 2.05) is 30.5 Å². The van der Waals surface area contributed by atoms with Gasteiger partial charge in [-0.2, -0.15) is 5.10 Å². The minimum absolute atomic E-state index is 0.254. The second-order valence-electron chi connectivity index (χ2n) is 6.96. The number of aromatic nitrogens is 6. The lowest BCUT2D eigenvalue weighted by Gasteiger charge is -2.02. The first-order chi connectivity index (χ1) is 14.0. The summed E-state index contributed by atoms with van der Waals surface area (Å²) in [5.41, 5.74) is 1.50. The molecule has 0 radical (unpaired) electrons. The molecule has 150 valence electrons. The maximum absolute atomic E-state index is 12.7. The van der Waals surface area contributed by atoms with Gasteiger partial charge in [0.1, 0.15) is 11.3 Å². The lowest BCUT2D eigenvalue weighted by Crippen LogP contribution is -2.35. The van der Waals surface area contributed by atoms with Crippen molar-refractivity contribution in [1.29, 1.82) is 0 Å². The molecule has 9 heteroatoms. The third-order valence-electron chi connectivity index (χ3n) is 4.76. The molecule has 0 aliphatic carbocycles. The molecule has 0 bridgehead atoms. The molecule has 3 heterocycles. The monoisotopic (exact) mass is 412 g/mol. The van der Waals surface area contributed by atoms with E-state index in [0.29, 0.717) is 29.5 Å². The van der Waals surface area contributed by atoms with Crippen LogP contribution in [0.3, 0.4) is 0 Å². The number of unbranched alkanes of at least 4 members (excludes halogenated alkanes) is 2. The Kier molecular flexibility index (Phi) is 5.35. The van der Waals surface area contributed by atoms with Gasteiger partial charge in [0.2, 0.25) is 0 Å². The SMILES string of the molecule is CCCCCn1c(=O)[nH]c2nc(-c3cnn(Cc4cccc(Cl)c4)c3)[nH]c2c1=O. The Morgan fingerprint density at radius 1 is 1.17 bits per heavy atom. The molecule has 0 aliphatic heterocycles. The Morgan fingerprint density at radius 2 is 2.03 bits per heavy atom. The van der Waals surface area contributed by atoms with E-state index in [9.17, 15) is 9.59 Å². The Bertz CT molecular complexity index is 1270. The zero-order valence-electron chi connectivity index (χ0n) is 16.0. The molecule has 0 amide bonds. The molecule has 0 saturated heterocycles. The van der Waals surface area contributed by atoms with Crippen molar-refractivity contribution >= 4 is 22.8 Å². The summed E-state index contributed by atoms with van der Waals surface area (Å²) in [5.74, 6) is 0.483. The number of imidazole rings is 1. The van der Waals surface area contributed by atoms with Gasteiger partial charge in [0, 0.05) is 17.8 Å². The van der Waals surface area contributed by atoms with Gasteiger partial charge >= 0.3 is 5.69 Å². The largest absolute Gasteiger partial charge is 0.332 e. The number of hydrogen-bond donors (Lipinski definition) is 2. The van der Waals surface area contributed by atoms with Crippen LogP contribution in [0.15, 0.2) is 46.2 Å². The predicted molar refractivity (Wildman–Crippen MR) is 112 cm³/mol. The number of halogens is 1. The van der Waals surface area contributed by atoms with E-state index in [0.717, 1.165) is 30.4 Å². The molecule has 0 atom stereocenters. The molecule has 29 heavy (non-hydrogen) atoms. The number of benzene rings is 1. The lowest BCUT2D eigenvalue weighted by atomic mass is 10.2. The molecule has 1 aromatic carbocycles. The molecule has 0 saturated carbocycles. The van der Waals surface area contributed by atoms with E-state index in [1.165, 1.54) is 4.57 Å². The Balaban J connectivity index is 1.63. The van der Waals surface area contributed by atoms with Gasteiger partial charge in [-0.05, 0) is 24.1 Å². The van der Waals surface area contributed by atoms with Crippen LogP contribution in [0.2, 0.25) is 5.02 Å². The molecule has 0 spiro atoms. The molecule has 3 aromatic heterocycles. The van der Waals surface area contributed by atoms with Crippen molar-refractivity contribution in [2.45, 2.75) is 39.3 Å². The highest BCUT2D eigenvalue weighted by Crippen LogP contribution is 2.18. The predicted octanol–water partition coefficient (Wildman–Crippen LogP) is 3.17. The van der Waals surface area contributed by atoms with Crippen molar-refractivity contribution in [3.05, 3.63) is 68.1 Å². The summed E-state index contributed by atoms with van der Waals surface area (Å²) < 4.78 is 2.99. The average molecular weight is 413 g/mol. The zero-order chi connectivity index (χ0) is 20.4. The van der Waals surface area contributed by atoms with Gasteiger partial charge in [-0.1, -0.05) is 43.5 Å². The highest BCUT2D eigenvalue weighted by Gasteiger charge is 2.14. The normalized spacial score (nSPS) is 11.4. The third kappa shape index (κ3) is 4.02. The summed E-state index contributed by atoms with van der Waals surface area (Å²) in [7, 11) is 0. The van der Waals surface area contributed by atoms with Crippen LogP contribution >= 0.6 is 11.6 Å².